The number of hydrogen-bond donors (Lipinski definition) is 0. The van der Waals surface area contributed by atoms with Crippen LogP contribution in [-0.2, 0) is 7.05 Å². The van der Waals surface area contributed by atoms with Gasteiger partial charge in [-0.25, -0.2) is 0 Å². The summed E-state index contributed by atoms with van der Waals surface area (Å²) in [6, 6.07) is 14.8. The highest BCUT2D eigenvalue weighted by Crippen LogP contribution is 2.56. The van der Waals surface area contributed by atoms with Crippen LogP contribution < -0.4 is 4.74 Å². The van der Waals surface area contributed by atoms with Crippen LogP contribution in [0.2, 0.25) is 0 Å². The summed E-state index contributed by atoms with van der Waals surface area (Å²) in [4.78, 5) is 1.24. The number of nitrogens with zero attached hydrogens (tertiary/aromatic N) is 2. The van der Waals surface area contributed by atoms with Crippen molar-refractivity contribution in [2.75, 3.05) is 0 Å². The van der Waals surface area contributed by atoms with Gasteiger partial charge < -0.3 is 4.74 Å². The first-order valence-electron chi connectivity index (χ1n) is 7.33. The lowest BCUT2D eigenvalue weighted by atomic mass is 9.98. The molecule has 0 amide bonds. The number of aryl methyl sites for hydroxylation is 2. The van der Waals surface area contributed by atoms with E-state index in [0.29, 0.717) is 0 Å². The average Bonchev–Trinajstić information content (AvgIpc) is 2.87. The van der Waals surface area contributed by atoms with E-state index in [4.69, 9.17) is 9.84 Å². The molecule has 108 valence electrons. The third-order valence-electron chi connectivity index (χ3n) is 4.32. The molecule has 1 aromatic heterocycles. The van der Waals surface area contributed by atoms with Crippen LogP contribution in [-0.4, -0.2) is 9.78 Å². The van der Waals surface area contributed by atoms with Crippen LogP contribution in [0.4, 0.5) is 0 Å². The highest BCUT2D eigenvalue weighted by molar-refractivity contribution is 7.99. The number of fused-ring (bicyclic) bond motifs is 4. The third-order valence-corrected chi connectivity index (χ3v) is 5.48. The van der Waals surface area contributed by atoms with Gasteiger partial charge in [0.2, 0.25) is 0 Å². The van der Waals surface area contributed by atoms with Gasteiger partial charge in [0.1, 0.15) is 11.4 Å². The van der Waals surface area contributed by atoms with Crippen molar-refractivity contribution in [3.05, 3.63) is 53.6 Å². The Morgan fingerprint density at radius 3 is 2.91 bits per heavy atom. The summed E-state index contributed by atoms with van der Waals surface area (Å²) in [7, 11) is 2.02. The van der Waals surface area contributed by atoms with Gasteiger partial charge in [0.15, 0.2) is 5.44 Å². The van der Waals surface area contributed by atoms with Crippen molar-refractivity contribution < 1.29 is 4.74 Å². The van der Waals surface area contributed by atoms with E-state index in [1.54, 1.807) is 11.8 Å². The fourth-order valence-corrected chi connectivity index (χ4v) is 4.52. The minimum absolute atomic E-state index is 0.0104. The molecule has 0 spiro atoms. The minimum atomic E-state index is -0.0104. The highest BCUT2D eigenvalue weighted by Gasteiger charge is 2.37. The van der Waals surface area contributed by atoms with Gasteiger partial charge in [-0.3, -0.25) is 4.68 Å². The largest absolute Gasteiger partial charge is 0.474 e. The van der Waals surface area contributed by atoms with Gasteiger partial charge >= 0.3 is 0 Å². The Hall–Kier alpha value is -2.20. The minimum Gasteiger partial charge on any atom is -0.474 e. The summed E-state index contributed by atoms with van der Waals surface area (Å²) in [5.74, 6) is 0.949. The van der Waals surface area contributed by atoms with E-state index < -0.39 is 0 Å². The summed E-state index contributed by atoms with van der Waals surface area (Å²) < 4.78 is 8.28. The van der Waals surface area contributed by atoms with E-state index in [-0.39, 0.29) is 5.44 Å². The Morgan fingerprint density at radius 2 is 2.00 bits per heavy atom. The number of aromatic nitrogens is 2. The number of rotatable bonds is 0. The zero-order chi connectivity index (χ0) is 14.8. The second-order valence-electron chi connectivity index (χ2n) is 5.80. The van der Waals surface area contributed by atoms with E-state index in [2.05, 4.69) is 49.4 Å². The summed E-state index contributed by atoms with van der Waals surface area (Å²) in [5.41, 5.74) is 7.04. The van der Waals surface area contributed by atoms with E-state index in [0.717, 1.165) is 17.0 Å². The summed E-state index contributed by atoms with van der Waals surface area (Å²) in [5, 5.41) is 4.81. The molecule has 2 aliphatic rings. The van der Waals surface area contributed by atoms with Crippen molar-refractivity contribution >= 4 is 11.8 Å². The summed E-state index contributed by atoms with van der Waals surface area (Å²) in [6.45, 7) is 2.11. The zero-order valence-corrected chi connectivity index (χ0v) is 13.1. The predicted molar refractivity (Wildman–Crippen MR) is 88.0 cm³/mol. The Labute approximate surface area is 132 Å². The van der Waals surface area contributed by atoms with Crippen molar-refractivity contribution in [3.63, 3.8) is 0 Å². The van der Waals surface area contributed by atoms with Crippen molar-refractivity contribution in [2.45, 2.75) is 17.3 Å². The first kappa shape index (κ1) is 12.4. The normalized spacial score (nSPS) is 17.3. The SMILES string of the molecule is Cc1ccc2c(c1)-c1c3c(nn1C)-c1ccccc1SC3O2. The van der Waals surface area contributed by atoms with Gasteiger partial charge in [-0.1, -0.05) is 41.6 Å². The van der Waals surface area contributed by atoms with Crippen LogP contribution >= 0.6 is 11.8 Å². The molecule has 0 fully saturated rings. The van der Waals surface area contributed by atoms with Crippen molar-refractivity contribution in [1.82, 2.24) is 9.78 Å². The van der Waals surface area contributed by atoms with Crippen LogP contribution in [0.3, 0.4) is 0 Å². The predicted octanol–water partition coefficient (Wildman–Crippen LogP) is 4.56. The van der Waals surface area contributed by atoms with Crippen LogP contribution in [0, 0.1) is 6.92 Å². The molecule has 0 bridgehead atoms. The molecule has 1 unspecified atom stereocenters. The Bertz CT molecular complexity index is 929. The molecular weight excluding hydrogens is 292 g/mol. The fourth-order valence-electron chi connectivity index (χ4n) is 3.35. The van der Waals surface area contributed by atoms with Crippen molar-refractivity contribution in [2.24, 2.45) is 7.05 Å². The van der Waals surface area contributed by atoms with Gasteiger partial charge in [0.05, 0.1) is 11.3 Å². The number of ether oxygens (including phenoxy) is 1. The maximum absolute atomic E-state index is 6.27. The molecule has 0 saturated heterocycles. The topological polar surface area (TPSA) is 27.1 Å². The molecule has 0 saturated carbocycles. The number of thioether (sulfide) groups is 1. The van der Waals surface area contributed by atoms with Crippen LogP contribution in [0.15, 0.2) is 47.4 Å². The Kier molecular flexibility index (Phi) is 2.34. The Morgan fingerprint density at radius 1 is 1.14 bits per heavy atom. The standard InChI is InChI=1S/C18H14N2OS/c1-10-7-8-13-12(9-10)17-15-16(19-20(17)2)11-5-3-4-6-14(11)22-18(15)21-13/h3-9,18H,1-2H3. The van der Waals surface area contributed by atoms with Gasteiger partial charge in [0, 0.05) is 23.1 Å². The van der Waals surface area contributed by atoms with E-state index in [1.807, 2.05) is 11.7 Å². The van der Waals surface area contributed by atoms with Gasteiger partial charge in [-0.2, -0.15) is 5.10 Å². The van der Waals surface area contributed by atoms with Crippen molar-refractivity contribution in [1.29, 1.82) is 0 Å². The summed E-state index contributed by atoms with van der Waals surface area (Å²) >= 11 is 1.77. The molecule has 1 atom stereocenters. The summed E-state index contributed by atoms with van der Waals surface area (Å²) in [6.07, 6.45) is 0. The van der Waals surface area contributed by atoms with Crippen LogP contribution in [0.5, 0.6) is 5.75 Å². The highest BCUT2D eigenvalue weighted by atomic mass is 32.2. The van der Waals surface area contributed by atoms with Gasteiger partial charge in [-0.15, -0.1) is 0 Å². The molecule has 0 aliphatic carbocycles. The molecule has 2 aliphatic heterocycles. The maximum atomic E-state index is 6.27. The molecular formula is C18H14N2OS. The molecule has 4 heteroatoms. The lowest BCUT2D eigenvalue weighted by Crippen LogP contribution is -2.14. The van der Waals surface area contributed by atoms with E-state index in [9.17, 15) is 0 Å². The number of benzene rings is 2. The fraction of sp³-hybridized carbons (Fsp3) is 0.167. The smallest absolute Gasteiger partial charge is 0.178 e. The first-order chi connectivity index (χ1) is 10.7. The lowest BCUT2D eigenvalue weighted by molar-refractivity contribution is 0.290. The quantitative estimate of drug-likeness (QED) is 0.609. The molecule has 0 N–H and O–H groups in total. The number of hydrogen-bond acceptors (Lipinski definition) is 3. The van der Waals surface area contributed by atoms with Gasteiger partial charge in [-0.05, 0) is 25.1 Å². The molecule has 3 nitrogen and oxygen atoms in total. The second-order valence-corrected chi connectivity index (χ2v) is 6.90. The molecule has 3 aromatic rings. The third kappa shape index (κ3) is 1.50. The molecule has 3 heterocycles. The average molecular weight is 306 g/mol. The van der Waals surface area contributed by atoms with Crippen LogP contribution in [0.1, 0.15) is 16.6 Å². The zero-order valence-electron chi connectivity index (χ0n) is 12.3. The Balaban J connectivity index is 1.86. The molecule has 5 rings (SSSR count). The van der Waals surface area contributed by atoms with E-state index in [1.165, 1.54) is 27.3 Å². The van der Waals surface area contributed by atoms with Crippen molar-refractivity contribution in [3.8, 4) is 28.3 Å². The van der Waals surface area contributed by atoms with Crippen LogP contribution in [0.25, 0.3) is 22.5 Å². The molecule has 22 heavy (non-hydrogen) atoms. The van der Waals surface area contributed by atoms with Gasteiger partial charge in [0.25, 0.3) is 0 Å². The lowest BCUT2D eigenvalue weighted by Gasteiger charge is -2.30. The van der Waals surface area contributed by atoms with E-state index >= 15 is 0 Å². The monoisotopic (exact) mass is 306 g/mol. The molecule has 2 aromatic carbocycles. The molecule has 0 radical (unpaired) electrons. The second kappa shape index (κ2) is 4.17. The maximum Gasteiger partial charge on any atom is 0.178 e. The first-order valence-corrected chi connectivity index (χ1v) is 8.21.